The molecule has 5 nitrogen and oxygen atoms in total. The van der Waals surface area contributed by atoms with Crippen molar-refractivity contribution in [2.24, 2.45) is 0 Å². The molecular formula is C14H15ClN4O. The number of ether oxygens (including phenoxy) is 1. The van der Waals surface area contributed by atoms with E-state index in [4.69, 9.17) is 16.3 Å². The van der Waals surface area contributed by atoms with Gasteiger partial charge in [0.05, 0.1) is 7.11 Å². The number of benzene rings is 1. The van der Waals surface area contributed by atoms with E-state index in [0.717, 1.165) is 37.2 Å². The molecule has 3 rings (SSSR count). The lowest BCUT2D eigenvalue weighted by Gasteiger charge is -2.15. The van der Waals surface area contributed by atoms with Crippen LogP contribution in [-0.4, -0.2) is 35.2 Å². The fourth-order valence-electron chi connectivity index (χ4n) is 2.29. The van der Waals surface area contributed by atoms with E-state index >= 15 is 0 Å². The van der Waals surface area contributed by atoms with E-state index in [9.17, 15) is 0 Å². The fourth-order valence-corrected chi connectivity index (χ4v) is 2.45. The molecule has 20 heavy (non-hydrogen) atoms. The standard InChI is InChI=1S/C14H15ClN4O/c1-20-11-6-4-5-10(9-11)12-16-13(15)18-14(17-12)19-7-2-3-8-19/h4-6,9H,2-3,7-8H2,1H3. The highest BCUT2D eigenvalue weighted by molar-refractivity contribution is 6.28. The molecule has 0 saturated carbocycles. The molecule has 104 valence electrons. The van der Waals surface area contributed by atoms with Gasteiger partial charge in [0.1, 0.15) is 5.75 Å². The normalized spacial score (nSPS) is 14.6. The van der Waals surface area contributed by atoms with Gasteiger partial charge in [-0.1, -0.05) is 12.1 Å². The molecule has 0 amide bonds. The van der Waals surface area contributed by atoms with Crippen LogP contribution in [0.2, 0.25) is 5.28 Å². The van der Waals surface area contributed by atoms with Gasteiger partial charge in [0.15, 0.2) is 5.82 Å². The average molecular weight is 291 g/mol. The summed E-state index contributed by atoms with van der Waals surface area (Å²) in [5.41, 5.74) is 0.870. The van der Waals surface area contributed by atoms with Crippen molar-refractivity contribution in [2.45, 2.75) is 12.8 Å². The lowest BCUT2D eigenvalue weighted by molar-refractivity contribution is 0.415. The third-order valence-electron chi connectivity index (χ3n) is 3.31. The largest absolute Gasteiger partial charge is 0.497 e. The molecule has 6 heteroatoms. The third kappa shape index (κ3) is 2.67. The van der Waals surface area contributed by atoms with Crippen molar-refractivity contribution in [2.75, 3.05) is 25.1 Å². The topological polar surface area (TPSA) is 51.1 Å². The Balaban J connectivity index is 1.99. The second-order valence-corrected chi connectivity index (χ2v) is 4.99. The lowest BCUT2D eigenvalue weighted by Crippen LogP contribution is -2.21. The van der Waals surface area contributed by atoms with Crippen molar-refractivity contribution >= 4 is 17.5 Å². The molecule has 0 spiro atoms. The molecule has 1 aromatic carbocycles. The minimum Gasteiger partial charge on any atom is -0.497 e. The molecule has 1 saturated heterocycles. The number of anilines is 1. The van der Waals surface area contributed by atoms with Gasteiger partial charge in [-0.3, -0.25) is 0 Å². The van der Waals surface area contributed by atoms with Gasteiger partial charge in [-0.2, -0.15) is 15.0 Å². The summed E-state index contributed by atoms with van der Waals surface area (Å²) in [6.45, 7) is 1.94. The Morgan fingerprint density at radius 2 is 1.95 bits per heavy atom. The van der Waals surface area contributed by atoms with Gasteiger partial charge in [0, 0.05) is 18.7 Å². The van der Waals surface area contributed by atoms with E-state index in [0.29, 0.717) is 11.8 Å². The maximum absolute atomic E-state index is 6.03. The summed E-state index contributed by atoms with van der Waals surface area (Å²) < 4.78 is 5.22. The van der Waals surface area contributed by atoms with Crippen molar-refractivity contribution in [3.05, 3.63) is 29.5 Å². The van der Waals surface area contributed by atoms with E-state index in [1.54, 1.807) is 7.11 Å². The Morgan fingerprint density at radius 3 is 2.70 bits per heavy atom. The van der Waals surface area contributed by atoms with Crippen LogP contribution in [0.3, 0.4) is 0 Å². The van der Waals surface area contributed by atoms with Crippen LogP contribution in [0.5, 0.6) is 5.75 Å². The predicted molar refractivity (Wildman–Crippen MR) is 78.3 cm³/mol. The number of aromatic nitrogens is 3. The number of methoxy groups -OCH3 is 1. The Labute approximate surface area is 122 Å². The van der Waals surface area contributed by atoms with Gasteiger partial charge in [0.25, 0.3) is 0 Å². The van der Waals surface area contributed by atoms with Crippen LogP contribution < -0.4 is 9.64 Å². The zero-order valence-corrected chi connectivity index (χ0v) is 12.0. The molecule has 0 N–H and O–H groups in total. The van der Waals surface area contributed by atoms with Crippen molar-refractivity contribution in [3.63, 3.8) is 0 Å². The highest BCUT2D eigenvalue weighted by Crippen LogP contribution is 2.24. The molecule has 0 unspecified atom stereocenters. The number of rotatable bonds is 3. The highest BCUT2D eigenvalue weighted by Gasteiger charge is 2.17. The third-order valence-corrected chi connectivity index (χ3v) is 3.48. The molecule has 1 fully saturated rings. The first-order valence-corrected chi connectivity index (χ1v) is 6.95. The van der Waals surface area contributed by atoms with Gasteiger partial charge in [-0.15, -0.1) is 0 Å². The smallest absolute Gasteiger partial charge is 0.230 e. The summed E-state index contributed by atoms with van der Waals surface area (Å²) in [5, 5.41) is 0.222. The van der Waals surface area contributed by atoms with Crippen molar-refractivity contribution < 1.29 is 4.74 Å². The van der Waals surface area contributed by atoms with Crippen LogP contribution in [-0.2, 0) is 0 Å². The Bertz CT molecular complexity index is 614. The molecule has 0 bridgehead atoms. The van der Waals surface area contributed by atoms with Gasteiger partial charge < -0.3 is 9.64 Å². The average Bonchev–Trinajstić information content (AvgIpc) is 3.01. The Morgan fingerprint density at radius 1 is 1.15 bits per heavy atom. The van der Waals surface area contributed by atoms with Crippen molar-refractivity contribution in [1.29, 1.82) is 0 Å². The molecule has 0 atom stereocenters. The molecule has 2 aromatic rings. The lowest BCUT2D eigenvalue weighted by atomic mass is 10.2. The number of hydrogen-bond acceptors (Lipinski definition) is 5. The zero-order chi connectivity index (χ0) is 13.9. The van der Waals surface area contributed by atoms with E-state index in [-0.39, 0.29) is 5.28 Å². The van der Waals surface area contributed by atoms with E-state index in [1.807, 2.05) is 24.3 Å². The van der Waals surface area contributed by atoms with Gasteiger partial charge in [-0.05, 0) is 36.6 Å². The van der Waals surface area contributed by atoms with Gasteiger partial charge >= 0.3 is 0 Å². The number of nitrogens with zero attached hydrogens (tertiary/aromatic N) is 4. The first-order chi connectivity index (χ1) is 9.76. The van der Waals surface area contributed by atoms with Crippen molar-refractivity contribution in [1.82, 2.24) is 15.0 Å². The highest BCUT2D eigenvalue weighted by atomic mass is 35.5. The maximum atomic E-state index is 6.03. The SMILES string of the molecule is COc1cccc(-c2nc(Cl)nc(N3CCCC3)n2)c1. The molecule has 2 heterocycles. The maximum Gasteiger partial charge on any atom is 0.230 e. The van der Waals surface area contributed by atoms with Crippen LogP contribution in [0.1, 0.15) is 12.8 Å². The summed E-state index contributed by atoms with van der Waals surface area (Å²) in [7, 11) is 1.63. The van der Waals surface area contributed by atoms with E-state index < -0.39 is 0 Å². The fraction of sp³-hybridized carbons (Fsp3) is 0.357. The molecular weight excluding hydrogens is 276 g/mol. The molecule has 0 aliphatic carbocycles. The Kier molecular flexibility index (Phi) is 3.69. The number of halogens is 1. The van der Waals surface area contributed by atoms with Crippen LogP contribution in [0.25, 0.3) is 11.4 Å². The molecule has 1 aliphatic heterocycles. The number of hydrogen-bond donors (Lipinski definition) is 0. The minimum atomic E-state index is 0.222. The molecule has 1 aliphatic rings. The first kappa shape index (κ1) is 13.1. The van der Waals surface area contributed by atoms with Crippen LogP contribution in [0.15, 0.2) is 24.3 Å². The first-order valence-electron chi connectivity index (χ1n) is 6.57. The summed E-state index contributed by atoms with van der Waals surface area (Å²) in [6.07, 6.45) is 2.33. The summed E-state index contributed by atoms with van der Waals surface area (Å²) in [5.74, 6) is 1.99. The van der Waals surface area contributed by atoms with Crippen LogP contribution in [0.4, 0.5) is 5.95 Å². The second-order valence-electron chi connectivity index (χ2n) is 4.65. The monoisotopic (exact) mass is 290 g/mol. The summed E-state index contributed by atoms with van der Waals surface area (Å²) >= 11 is 6.03. The predicted octanol–water partition coefficient (Wildman–Crippen LogP) is 2.80. The van der Waals surface area contributed by atoms with Gasteiger partial charge in [-0.25, -0.2) is 0 Å². The summed E-state index contributed by atoms with van der Waals surface area (Å²) in [6, 6.07) is 7.61. The Hall–Kier alpha value is -1.88. The molecule has 0 radical (unpaired) electrons. The van der Waals surface area contributed by atoms with Crippen LogP contribution >= 0.6 is 11.6 Å². The van der Waals surface area contributed by atoms with Crippen LogP contribution in [0, 0.1) is 0 Å². The van der Waals surface area contributed by atoms with Gasteiger partial charge in [0.2, 0.25) is 11.2 Å². The quantitative estimate of drug-likeness (QED) is 0.870. The minimum absolute atomic E-state index is 0.222. The van der Waals surface area contributed by atoms with E-state index in [1.165, 1.54) is 0 Å². The second kappa shape index (κ2) is 5.63. The zero-order valence-electron chi connectivity index (χ0n) is 11.2. The summed E-state index contributed by atoms with van der Waals surface area (Å²) in [4.78, 5) is 15.1. The van der Waals surface area contributed by atoms with Crippen molar-refractivity contribution in [3.8, 4) is 17.1 Å². The molecule has 1 aromatic heterocycles. The van der Waals surface area contributed by atoms with E-state index in [2.05, 4.69) is 19.9 Å².